The van der Waals surface area contributed by atoms with E-state index in [-0.39, 0.29) is 11.3 Å². The number of ether oxygens (including phenoxy) is 1. The topological polar surface area (TPSA) is 50.4 Å². The van der Waals surface area contributed by atoms with Crippen molar-refractivity contribution in [1.82, 2.24) is 10.6 Å². The summed E-state index contributed by atoms with van der Waals surface area (Å²) in [5.41, 5.74) is 3.30. The Morgan fingerprint density at radius 1 is 1.38 bits per heavy atom. The van der Waals surface area contributed by atoms with E-state index in [0.717, 1.165) is 17.7 Å². The highest BCUT2D eigenvalue weighted by atomic mass is 16.5. The fourth-order valence-corrected chi connectivity index (χ4v) is 3.23. The molecule has 0 aromatic heterocycles. The van der Waals surface area contributed by atoms with E-state index in [1.165, 1.54) is 18.4 Å². The van der Waals surface area contributed by atoms with Gasteiger partial charge in [0, 0.05) is 18.2 Å². The van der Waals surface area contributed by atoms with Crippen LogP contribution in [0.3, 0.4) is 0 Å². The Morgan fingerprint density at radius 3 is 3.00 bits per heavy atom. The number of piperidine rings is 1. The molecule has 2 aliphatic rings. The minimum Gasteiger partial charge on any atom is -0.372 e. The van der Waals surface area contributed by atoms with Crippen LogP contribution in [0, 0.1) is 5.41 Å². The molecule has 0 spiro atoms. The zero-order valence-electron chi connectivity index (χ0n) is 12.9. The molecular weight excluding hydrogens is 264 g/mol. The van der Waals surface area contributed by atoms with E-state index in [2.05, 4.69) is 24.5 Å². The van der Waals surface area contributed by atoms with Gasteiger partial charge in [0.05, 0.1) is 13.2 Å². The Balaban J connectivity index is 1.61. The highest BCUT2D eigenvalue weighted by molar-refractivity contribution is 5.94. The van der Waals surface area contributed by atoms with Crippen molar-refractivity contribution in [2.45, 2.75) is 45.9 Å². The Hall–Kier alpha value is -1.39. The minimum absolute atomic E-state index is 0.00729. The Bertz CT molecular complexity index is 540. The van der Waals surface area contributed by atoms with Gasteiger partial charge in [-0.25, -0.2) is 0 Å². The smallest absolute Gasteiger partial charge is 0.251 e. The second kappa shape index (κ2) is 5.78. The van der Waals surface area contributed by atoms with Crippen LogP contribution in [0.5, 0.6) is 0 Å². The van der Waals surface area contributed by atoms with Crippen molar-refractivity contribution >= 4 is 5.91 Å². The van der Waals surface area contributed by atoms with Crippen molar-refractivity contribution in [2.75, 3.05) is 13.1 Å². The molecule has 1 amide bonds. The molecule has 0 bridgehead atoms. The lowest BCUT2D eigenvalue weighted by molar-refractivity contribution is 0.0928. The first-order chi connectivity index (χ1) is 10.1. The van der Waals surface area contributed by atoms with Crippen molar-refractivity contribution in [1.29, 1.82) is 0 Å². The monoisotopic (exact) mass is 288 g/mol. The molecule has 2 aliphatic heterocycles. The van der Waals surface area contributed by atoms with Crippen LogP contribution < -0.4 is 10.6 Å². The molecule has 2 N–H and O–H groups in total. The summed E-state index contributed by atoms with van der Waals surface area (Å²) in [5.74, 6) is 0.00729. The molecule has 4 heteroatoms. The van der Waals surface area contributed by atoms with E-state index in [4.69, 9.17) is 4.74 Å². The lowest BCUT2D eigenvalue weighted by Gasteiger charge is -2.39. The molecule has 2 heterocycles. The Labute approximate surface area is 126 Å². The zero-order chi connectivity index (χ0) is 14.9. The molecule has 1 atom stereocenters. The summed E-state index contributed by atoms with van der Waals surface area (Å²) in [4.78, 5) is 12.3. The van der Waals surface area contributed by atoms with Gasteiger partial charge in [0.25, 0.3) is 5.91 Å². The molecule has 1 saturated heterocycles. The number of amides is 1. The van der Waals surface area contributed by atoms with Gasteiger partial charge in [-0.05, 0) is 48.1 Å². The second-order valence-corrected chi connectivity index (χ2v) is 6.79. The van der Waals surface area contributed by atoms with Crippen molar-refractivity contribution < 1.29 is 9.53 Å². The van der Waals surface area contributed by atoms with E-state index in [1.807, 2.05) is 18.2 Å². The van der Waals surface area contributed by atoms with Crippen molar-refractivity contribution in [3.05, 3.63) is 34.9 Å². The highest BCUT2D eigenvalue weighted by Crippen LogP contribution is 2.29. The molecular formula is C17H24N2O2. The van der Waals surface area contributed by atoms with Gasteiger partial charge in [-0.3, -0.25) is 4.79 Å². The molecule has 0 aliphatic carbocycles. The number of carbonyl (C=O) groups excluding carboxylic acids is 1. The van der Waals surface area contributed by atoms with E-state index in [1.54, 1.807) is 0 Å². The van der Waals surface area contributed by atoms with E-state index in [9.17, 15) is 4.79 Å². The zero-order valence-corrected chi connectivity index (χ0v) is 12.9. The first kappa shape index (κ1) is 14.5. The minimum atomic E-state index is 0.00729. The number of hydrogen-bond donors (Lipinski definition) is 2. The predicted molar refractivity (Wildman–Crippen MR) is 82.1 cm³/mol. The first-order valence-electron chi connectivity index (χ1n) is 7.77. The maximum absolute atomic E-state index is 12.3. The van der Waals surface area contributed by atoms with Gasteiger partial charge in [0.1, 0.15) is 0 Å². The van der Waals surface area contributed by atoms with Crippen LogP contribution in [0.15, 0.2) is 18.2 Å². The molecule has 114 valence electrons. The summed E-state index contributed by atoms with van der Waals surface area (Å²) >= 11 is 0. The lowest BCUT2D eigenvalue weighted by Crippen LogP contribution is -2.52. The average molecular weight is 288 g/mol. The highest BCUT2D eigenvalue weighted by Gasteiger charge is 2.32. The lowest BCUT2D eigenvalue weighted by atomic mass is 9.77. The SMILES string of the molecule is CC1(C)CCCNC1CNC(=O)c1ccc2c(c1)COC2. The van der Waals surface area contributed by atoms with E-state index in [0.29, 0.717) is 25.8 Å². The van der Waals surface area contributed by atoms with Crippen LogP contribution in [0.25, 0.3) is 0 Å². The average Bonchev–Trinajstić information content (AvgIpc) is 2.92. The number of carbonyl (C=O) groups is 1. The molecule has 1 unspecified atom stereocenters. The fourth-order valence-electron chi connectivity index (χ4n) is 3.23. The summed E-state index contributed by atoms with van der Waals surface area (Å²) in [6.07, 6.45) is 2.42. The van der Waals surface area contributed by atoms with Gasteiger partial charge in [-0.15, -0.1) is 0 Å². The van der Waals surface area contributed by atoms with Crippen LogP contribution >= 0.6 is 0 Å². The Kier molecular flexibility index (Phi) is 4.00. The Morgan fingerprint density at radius 2 is 2.19 bits per heavy atom. The summed E-state index contributed by atoms with van der Waals surface area (Å²) in [7, 11) is 0. The van der Waals surface area contributed by atoms with Gasteiger partial charge in [-0.2, -0.15) is 0 Å². The van der Waals surface area contributed by atoms with Crippen molar-refractivity contribution in [2.24, 2.45) is 5.41 Å². The molecule has 0 radical (unpaired) electrons. The van der Waals surface area contributed by atoms with E-state index >= 15 is 0 Å². The maximum atomic E-state index is 12.3. The summed E-state index contributed by atoms with van der Waals surface area (Å²) in [6.45, 7) is 7.54. The second-order valence-electron chi connectivity index (χ2n) is 6.79. The van der Waals surface area contributed by atoms with E-state index < -0.39 is 0 Å². The van der Waals surface area contributed by atoms with Crippen LogP contribution in [-0.4, -0.2) is 25.0 Å². The molecule has 4 nitrogen and oxygen atoms in total. The summed E-state index contributed by atoms with van der Waals surface area (Å²) in [6, 6.07) is 6.19. The van der Waals surface area contributed by atoms with Gasteiger partial charge in [0.2, 0.25) is 0 Å². The number of benzene rings is 1. The molecule has 1 aromatic rings. The van der Waals surface area contributed by atoms with Gasteiger partial charge in [0.15, 0.2) is 0 Å². The van der Waals surface area contributed by atoms with Crippen LogP contribution in [0.2, 0.25) is 0 Å². The normalized spacial score (nSPS) is 23.6. The van der Waals surface area contributed by atoms with Crippen LogP contribution in [-0.2, 0) is 18.0 Å². The third-order valence-electron chi connectivity index (χ3n) is 4.78. The molecule has 1 fully saturated rings. The quantitative estimate of drug-likeness (QED) is 0.896. The molecule has 1 aromatic carbocycles. The van der Waals surface area contributed by atoms with Gasteiger partial charge >= 0.3 is 0 Å². The van der Waals surface area contributed by atoms with Crippen LogP contribution in [0.4, 0.5) is 0 Å². The van der Waals surface area contributed by atoms with Crippen molar-refractivity contribution in [3.63, 3.8) is 0 Å². The fraction of sp³-hybridized carbons (Fsp3) is 0.588. The molecule has 0 saturated carbocycles. The standard InChI is InChI=1S/C17H24N2O2/c1-17(2)6-3-7-18-15(17)9-19-16(20)12-4-5-13-10-21-11-14(13)8-12/h4-5,8,15,18H,3,6-7,9-11H2,1-2H3,(H,19,20). The maximum Gasteiger partial charge on any atom is 0.251 e. The van der Waals surface area contributed by atoms with Crippen LogP contribution in [0.1, 0.15) is 48.2 Å². The largest absolute Gasteiger partial charge is 0.372 e. The number of fused-ring (bicyclic) bond motifs is 1. The third kappa shape index (κ3) is 3.11. The molecule has 21 heavy (non-hydrogen) atoms. The van der Waals surface area contributed by atoms with Gasteiger partial charge in [-0.1, -0.05) is 19.9 Å². The summed E-state index contributed by atoms with van der Waals surface area (Å²) in [5, 5.41) is 6.60. The predicted octanol–water partition coefficient (Wildman–Crippen LogP) is 2.22. The van der Waals surface area contributed by atoms with Crippen molar-refractivity contribution in [3.8, 4) is 0 Å². The first-order valence-corrected chi connectivity index (χ1v) is 7.77. The third-order valence-corrected chi connectivity index (χ3v) is 4.78. The number of rotatable bonds is 3. The molecule has 3 rings (SSSR count). The van der Waals surface area contributed by atoms with Gasteiger partial charge < -0.3 is 15.4 Å². The summed E-state index contributed by atoms with van der Waals surface area (Å²) < 4.78 is 5.39. The number of hydrogen-bond acceptors (Lipinski definition) is 3. The number of nitrogens with one attached hydrogen (secondary N) is 2.